The summed E-state index contributed by atoms with van der Waals surface area (Å²) in [5.74, 6) is 0.428. The maximum absolute atomic E-state index is 5.14. The molecule has 3 aromatic carbocycles. The van der Waals surface area contributed by atoms with Gasteiger partial charge in [0.25, 0.3) is 0 Å². The van der Waals surface area contributed by atoms with Crippen molar-refractivity contribution in [2.24, 2.45) is 10.9 Å². The lowest BCUT2D eigenvalue weighted by atomic mass is 9.73. The third-order valence-electron chi connectivity index (χ3n) is 6.21. The van der Waals surface area contributed by atoms with Gasteiger partial charge in [0.15, 0.2) is 0 Å². The van der Waals surface area contributed by atoms with Crippen molar-refractivity contribution in [3.8, 4) is 0 Å². The number of nitrogens with one attached hydrogen (secondary N) is 1. The lowest BCUT2D eigenvalue weighted by Crippen LogP contribution is -2.42. The predicted octanol–water partition coefficient (Wildman–Crippen LogP) is 6.16. The van der Waals surface area contributed by atoms with Crippen LogP contribution in [0.2, 0.25) is 0 Å². The summed E-state index contributed by atoms with van der Waals surface area (Å²) in [7, 11) is 0. The largest absolute Gasteiger partial charge is 0.373 e. The summed E-state index contributed by atoms with van der Waals surface area (Å²) in [6, 6.07) is 15.5. The second kappa shape index (κ2) is 4.60. The number of anilines is 1. The van der Waals surface area contributed by atoms with Gasteiger partial charge in [0.05, 0.1) is 16.9 Å². The van der Waals surface area contributed by atoms with Gasteiger partial charge in [0, 0.05) is 22.4 Å². The first-order chi connectivity index (χ1) is 11.7. The van der Waals surface area contributed by atoms with Gasteiger partial charge in [-0.25, -0.2) is 0 Å². The summed E-state index contributed by atoms with van der Waals surface area (Å²) >= 11 is 0. The van der Waals surface area contributed by atoms with Crippen LogP contribution < -0.4 is 5.32 Å². The van der Waals surface area contributed by atoms with Crippen molar-refractivity contribution in [2.45, 2.75) is 39.2 Å². The Labute approximate surface area is 142 Å². The maximum atomic E-state index is 5.14. The highest BCUT2D eigenvalue weighted by molar-refractivity contribution is 6.23. The van der Waals surface area contributed by atoms with Crippen molar-refractivity contribution in [1.29, 1.82) is 0 Å². The predicted molar refractivity (Wildman–Crippen MR) is 104 cm³/mol. The number of aliphatic imine (C=N–C) groups is 1. The molecule has 0 radical (unpaired) electrons. The quantitative estimate of drug-likeness (QED) is 0.563. The Kier molecular flexibility index (Phi) is 2.69. The molecular weight excluding hydrogens is 292 g/mol. The first-order valence-corrected chi connectivity index (χ1v) is 9.02. The highest BCUT2D eigenvalue weighted by Crippen LogP contribution is 2.57. The Morgan fingerprint density at radius 1 is 1.00 bits per heavy atom. The lowest BCUT2D eigenvalue weighted by molar-refractivity contribution is 0.370. The van der Waals surface area contributed by atoms with Crippen molar-refractivity contribution in [3.05, 3.63) is 48.0 Å². The monoisotopic (exact) mass is 314 g/mol. The molecule has 120 valence electrons. The fourth-order valence-corrected chi connectivity index (χ4v) is 5.18. The summed E-state index contributed by atoms with van der Waals surface area (Å²) in [5, 5.41) is 9.28. The molecule has 0 aliphatic carbocycles. The van der Waals surface area contributed by atoms with Crippen LogP contribution >= 0.6 is 0 Å². The summed E-state index contributed by atoms with van der Waals surface area (Å²) in [6.07, 6.45) is 2.17. The third-order valence-corrected chi connectivity index (χ3v) is 6.21. The topological polar surface area (TPSA) is 24.4 Å². The highest BCUT2D eigenvalue weighted by atomic mass is 15.1. The summed E-state index contributed by atoms with van der Waals surface area (Å²) < 4.78 is 0. The minimum atomic E-state index is -0.0210. The molecular formula is C22H22N2. The van der Waals surface area contributed by atoms with E-state index in [-0.39, 0.29) is 5.54 Å². The molecule has 5 rings (SSSR count). The maximum Gasteiger partial charge on any atom is 0.0945 e. The average molecular weight is 314 g/mol. The number of nitrogens with zero attached hydrogens (tertiary/aromatic N) is 1. The fourth-order valence-electron chi connectivity index (χ4n) is 5.18. The molecule has 24 heavy (non-hydrogen) atoms. The number of hydrogen-bond donors (Lipinski definition) is 1. The van der Waals surface area contributed by atoms with Gasteiger partial charge in [-0.1, -0.05) is 56.3 Å². The van der Waals surface area contributed by atoms with Crippen molar-refractivity contribution in [1.82, 2.24) is 0 Å². The van der Waals surface area contributed by atoms with Gasteiger partial charge >= 0.3 is 0 Å². The molecule has 3 aromatic rings. The van der Waals surface area contributed by atoms with E-state index in [1.54, 1.807) is 0 Å². The van der Waals surface area contributed by atoms with Crippen LogP contribution in [-0.2, 0) is 5.54 Å². The Balaban J connectivity index is 2.07. The highest BCUT2D eigenvalue weighted by Gasteiger charge is 2.47. The van der Waals surface area contributed by atoms with Crippen LogP contribution in [0.4, 0.5) is 11.4 Å². The first-order valence-electron chi connectivity index (χ1n) is 9.02. The molecule has 2 heterocycles. The molecule has 2 atom stereocenters. The first kappa shape index (κ1) is 14.0. The zero-order chi connectivity index (χ0) is 16.5. The van der Waals surface area contributed by atoms with Gasteiger partial charge in [0.2, 0.25) is 0 Å². The van der Waals surface area contributed by atoms with Gasteiger partial charge in [0.1, 0.15) is 0 Å². The van der Waals surface area contributed by atoms with Crippen LogP contribution in [0.1, 0.15) is 39.2 Å². The molecule has 2 heteroatoms. The smallest absolute Gasteiger partial charge is 0.0945 e. The van der Waals surface area contributed by atoms with Crippen molar-refractivity contribution >= 4 is 38.6 Å². The Morgan fingerprint density at radius 2 is 1.75 bits per heavy atom. The summed E-state index contributed by atoms with van der Waals surface area (Å²) in [4.78, 5) is 5.14. The number of hydrogen-bond acceptors (Lipinski definition) is 2. The molecule has 1 N–H and O–H groups in total. The molecule has 0 amide bonds. The van der Waals surface area contributed by atoms with E-state index in [0.29, 0.717) is 5.92 Å². The van der Waals surface area contributed by atoms with E-state index in [9.17, 15) is 0 Å². The van der Waals surface area contributed by atoms with Crippen LogP contribution in [0.25, 0.3) is 21.5 Å². The van der Waals surface area contributed by atoms with E-state index in [2.05, 4.69) is 68.6 Å². The minimum absolute atomic E-state index is 0.0210. The van der Waals surface area contributed by atoms with Crippen LogP contribution in [0.15, 0.2) is 47.5 Å². The second-order valence-electron chi connectivity index (χ2n) is 7.16. The molecule has 2 bridgehead atoms. The van der Waals surface area contributed by atoms with E-state index in [1.807, 2.05) is 0 Å². The van der Waals surface area contributed by atoms with E-state index in [4.69, 9.17) is 4.99 Å². The van der Waals surface area contributed by atoms with Gasteiger partial charge in [-0.2, -0.15) is 0 Å². The zero-order valence-electron chi connectivity index (χ0n) is 14.5. The Bertz CT molecular complexity index is 1030. The SMILES string of the molecule is CCC1C(C)=Nc2c3c4c(cccc4c4ccccc24)C1(CC)N3. The fraction of sp³-hybridized carbons (Fsp3) is 0.318. The minimum Gasteiger partial charge on any atom is -0.373 e. The second-order valence-corrected chi connectivity index (χ2v) is 7.16. The zero-order valence-corrected chi connectivity index (χ0v) is 14.5. The van der Waals surface area contributed by atoms with Crippen LogP contribution in [-0.4, -0.2) is 5.71 Å². The van der Waals surface area contributed by atoms with E-state index in [0.717, 1.165) is 18.5 Å². The van der Waals surface area contributed by atoms with Crippen LogP contribution in [0.5, 0.6) is 0 Å². The number of rotatable bonds is 2. The lowest BCUT2D eigenvalue weighted by Gasteiger charge is -2.37. The van der Waals surface area contributed by atoms with E-state index >= 15 is 0 Å². The molecule has 0 saturated carbocycles. The van der Waals surface area contributed by atoms with Gasteiger partial charge < -0.3 is 5.32 Å². The molecule has 0 aromatic heterocycles. The Hall–Kier alpha value is -2.35. The van der Waals surface area contributed by atoms with Crippen molar-refractivity contribution in [3.63, 3.8) is 0 Å². The van der Waals surface area contributed by atoms with E-state index in [1.165, 1.54) is 38.5 Å². The van der Waals surface area contributed by atoms with Crippen LogP contribution in [0, 0.1) is 5.92 Å². The van der Waals surface area contributed by atoms with Crippen LogP contribution in [0.3, 0.4) is 0 Å². The molecule has 0 spiro atoms. The normalized spacial score (nSPS) is 24.3. The van der Waals surface area contributed by atoms with Gasteiger partial charge in [-0.15, -0.1) is 0 Å². The summed E-state index contributed by atoms with van der Waals surface area (Å²) in [5.41, 5.74) is 5.08. The molecule has 0 fully saturated rings. The molecule has 0 saturated heterocycles. The van der Waals surface area contributed by atoms with Crippen molar-refractivity contribution < 1.29 is 0 Å². The Morgan fingerprint density at radius 3 is 2.50 bits per heavy atom. The van der Waals surface area contributed by atoms with Gasteiger partial charge in [-0.05, 0) is 36.1 Å². The molecule has 2 aliphatic heterocycles. The number of benzene rings is 3. The van der Waals surface area contributed by atoms with E-state index < -0.39 is 0 Å². The van der Waals surface area contributed by atoms with Crippen molar-refractivity contribution in [2.75, 3.05) is 5.32 Å². The third kappa shape index (κ3) is 1.45. The standard InChI is InChI=1S/C22H22N2/c1-4-17-13(3)23-20-16-10-7-6-9-14(16)15-11-8-12-18-19(15)21(20)24-22(17,18)5-2/h6-12,17,24H,4-5H2,1-3H3. The number of fused-ring (bicyclic) bond motifs is 5. The molecule has 2 aliphatic rings. The molecule has 2 nitrogen and oxygen atoms in total. The summed E-state index contributed by atoms with van der Waals surface area (Å²) in [6.45, 7) is 6.80. The molecule has 2 unspecified atom stereocenters. The van der Waals surface area contributed by atoms with Gasteiger partial charge in [-0.3, -0.25) is 4.99 Å². The average Bonchev–Trinajstić information content (AvgIpc) is 2.88.